The van der Waals surface area contributed by atoms with Gasteiger partial charge < -0.3 is 0 Å². The molecule has 0 N–H and O–H groups in total. The smallest absolute Gasteiger partial charge is 0.183 e. The molecule has 4 heteroatoms. The number of hydrogen-bond donors (Lipinski definition) is 0. The molecule has 2 nitrogen and oxygen atoms in total. The highest BCUT2D eigenvalue weighted by Gasteiger charge is 2.01. The maximum Gasteiger partial charge on any atom is 0.183 e. The fraction of sp³-hybridized carbons (Fsp3) is 0.200. The van der Waals surface area contributed by atoms with Crippen LogP contribution in [-0.2, 0) is 0 Å². The highest BCUT2D eigenvalue weighted by molar-refractivity contribution is 7.20. The van der Waals surface area contributed by atoms with Crippen LogP contribution in [0, 0.1) is 6.92 Å². The first-order valence-corrected chi connectivity index (χ1v) is 4.18. The SMILES string of the molecule is Cc1snc2ncsc12. The van der Waals surface area contributed by atoms with Crippen molar-refractivity contribution in [2.45, 2.75) is 6.92 Å². The summed E-state index contributed by atoms with van der Waals surface area (Å²) in [6.07, 6.45) is 0. The van der Waals surface area contributed by atoms with Crippen LogP contribution in [0.5, 0.6) is 0 Å². The Kier molecular flexibility index (Phi) is 1.03. The van der Waals surface area contributed by atoms with E-state index in [2.05, 4.69) is 16.3 Å². The maximum absolute atomic E-state index is 4.12. The van der Waals surface area contributed by atoms with Gasteiger partial charge in [-0.3, -0.25) is 0 Å². The molecule has 2 aromatic heterocycles. The molecule has 46 valence electrons. The van der Waals surface area contributed by atoms with Gasteiger partial charge in [0.05, 0.1) is 10.2 Å². The molecule has 0 bridgehead atoms. The lowest BCUT2D eigenvalue weighted by molar-refractivity contribution is 1.44. The number of nitrogens with zero attached hydrogens (tertiary/aromatic N) is 2. The lowest BCUT2D eigenvalue weighted by Crippen LogP contribution is -1.57. The Morgan fingerprint density at radius 1 is 1.56 bits per heavy atom. The van der Waals surface area contributed by atoms with E-state index in [1.165, 1.54) is 21.1 Å². The van der Waals surface area contributed by atoms with E-state index in [9.17, 15) is 0 Å². The third kappa shape index (κ3) is 0.668. The van der Waals surface area contributed by atoms with E-state index in [0.29, 0.717) is 0 Å². The lowest BCUT2D eigenvalue weighted by atomic mass is 10.5. The van der Waals surface area contributed by atoms with E-state index in [1.807, 2.05) is 5.51 Å². The molecule has 0 saturated heterocycles. The van der Waals surface area contributed by atoms with E-state index >= 15 is 0 Å². The molecule has 0 radical (unpaired) electrons. The summed E-state index contributed by atoms with van der Waals surface area (Å²) in [5.74, 6) is 0. The molecule has 2 rings (SSSR count). The molecule has 0 aliphatic carbocycles. The number of hydrogen-bond acceptors (Lipinski definition) is 4. The Balaban J connectivity index is 2.99. The summed E-state index contributed by atoms with van der Waals surface area (Å²) < 4.78 is 5.36. The van der Waals surface area contributed by atoms with Gasteiger partial charge in [-0.15, -0.1) is 11.3 Å². The Hall–Kier alpha value is -0.480. The molecule has 0 spiro atoms. The second-order valence-electron chi connectivity index (χ2n) is 1.74. The van der Waals surface area contributed by atoms with E-state index in [4.69, 9.17) is 0 Å². The molecule has 0 aliphatic heterocycles. The standard InChI is InChI=1S/C5H4N2S2/c1-3-4-5(7-9-3)6-2-8-4/h2H,1H3. The molecule has 0 aromatic carbocycles. The van der Waals surface area contributed by atoms with Gasteiger partial charge in [0, 0.05) is 4.88 Å². The van der Waals surface area contributed by atoms with Gasteiger partial charge in [0.15, 0.2) is 5.65 Å². The number of rotatable bonds is 0. The predicted octanol–water partition coefficient (Wildman–Crippen LogP) is 2.06. The zero-order valence-electron chi connectivity index (χ0n) is 4.79. The first-order valence-electron chi connectivity index (χ1n) is 2.53. The van der Waals surface area contributed by atoms with Crippen LogP contribution in [0.25, 0.3) is 10.3 Å². The van der Waals surface area contributed by atoms with Crippen LogP contribution < -0.4 is 0 Å². The van der Waals surface area contributed by atoms with Crippen molar-refractivity contribution in [1.82, 2.24) is 9.36 Å². The Labute approximate surface area is 60.3 Å². The van der Waals surface area contributed by atoms with Crippen LogP contribution in [-0.4, -0.2) is 9.36 Å². The third-order valence-corrected chi connectivity index (χ3v) is 2.94. The summed E-state index contributed by atoms with van der Waals surface area (Å²) in [4.78, 5) is 5.33. The molecule has 2 heterocycles. The zero-order valence-corrected chi connectivity index (χ0v) is 6.42. The average molecular weight is 156 g/mol. The van der Waals surface area contributed by atoms with Crippen LogP contribution in [0.4, 0.5) is 0 Å². The van der Waals surface area contributed by atoms with Crippen LogP contribution in [0.3, 0.4) is 0 Å². The highest BCUT2D eigenvalue weighted by atomic mass is 32.1. The molecule has 2 aromatic rings. The molecule has 0 atom stereocenters. The highest BCUT2D eigenvalue weighted by Crippen LogP contribution is 2.23. The summed E-state index contributed by atoms with van der Waals surface area (Å²) in [6, 6.07) is 0. The van der Waals surface area contributed by atoms with Gasteiger partial charge in [-0.1, -0.05) is 0 Å². The number of fused-ring (bicyclic) bond motifs is 1. The second kappa shape index (κ2) is 1.75. The van der Waals surface area contributed by atoms with Crippen molar-refractivity contribution in [2.75, 3.05) is 0 Å². The van der Waals surface area contributed by atoms with Crippen molar-refractivity contribution in [3.63, 3.8) is 0 Å². The normalized spacial score (nSPS) is 10.8. The first kappa shape index (κ1) is 5.32. The second-order valence-corrected chi connectivity index (χ2v) is 3.58. The van der Waals surface area contributed by atoms with E-state index < -0.39 is 0 Å². The van der Waals surface area contributed by atoms with Gasteiger partial charge in [0.2, 0.25) is 0 Å². The number of thiazole rings is 1. The van der Waals surface area contributed by atoms with Crippen molar-refractivity contribution < 1.29 is 0 Å². The van der Waals surface area contributed by atoms with Crippen molar-refractivity contribution in [3.05, 3.63) is 10.4 Å². The van der Waals surface area contributed by atoms with Crippen molar-refractivity contribution in [1.29, 1.82) is 0 Å². The molecular weight excluding hydrogens is 152 g/mol. The van der Waals surface area contributed by atoms with Gasteiger partial charge in [-0.05, 0) is 18.5 Å². The fourth-order valence-electron chi connectivity index (χ4n) is 0.699. The van der Waals surface area contributed by atoms with Crippen LogP contribution in [0.1, 0.15) is 4.88 Å². The minimum absolute atomic E-state index is 0.905. The molecule has 0 fully saturated rings. The lowest BCUT2D eigenvalue weighted by Gasteiger charge is -1.71. The molecular formula is C5H4N2S2. The molecule has 0 amide bonds. The quantitative estimate of drug-likeness (QED) is 0.583. The molecule has 0 aliphatic rings. The van der Waals surface area contributed by atoms with Crippen molar-refractivity contribution >= 4 is 33.2 Å². The van der Waals surface area contributed by atoms with E-state index in [0.717, 1.165) is 5.65 Å². The summed E-state index contributed by atoms with van der Waals surface area (Å²) >= 11 is 3.18. The van der Waals surface area contributed by atoms with Crippen LogP contribution in [0.15, 0.2) is 5.51 Å². The maximum atomic E-state index is 4.12. The van der Waals surface area contributed by atoms with Crippen molar-refractivity contribution in [2.24, 2.45) is 0 Å². The Bertz CT molecular complexity index is 322. The topological polar surface area (TPSA) is 25.8 Å². The van der Waals surface area contributed by atoms with Crippen molar-refractivity contribution in [3.8, 4) is 0 Å². The first-order chi connectivity index (χ1) is 4.38. The monoisotopic (exact) mass is 156 g/mol. The van der Waals surface area contributed by atoms with Gasteiger partial charge >= 0.3 is 0 Å². The number of aromatic nitrogens is 2. The van der Waals surface area contributed by atoms with Crippen LogP contribution in [0.2, 0.25) is 0 Å². The zero-order chi connectivity index (χ0) is 6.27. The average Bonchev–Trinajstić information content (AvgIpc) is 2.35. The van der Waals surface area contributed by atoms with Gasteiger partial charge in [-0.2, -0.15) is 4.37 Å². The molecule has 0 saturated carbocycles. The summed E-state index contributed by atoms with van der Waals surface area (Å²) in [5.41, 5.74) is 2.74. The summed E-state index contributed by atoms with van der Waals surface area (Å²) in [7, 11) is 0. The Morgan fingerprint density at radius 3 is 3.22 bits per heavy atom. The minimum Gasteiger partial charge on any atom is -0.224 e. The van der Waals surface area contributed by atoms with E-state index in [1.54, 1.807) is 11.3 Å². The van der Waals surface area contributed by atoms with Crippen LogP contribution >= 0.6 is 22.9 Å². The fourth-order valence-corrected chi connectivity index (χ4v) is 2.18. The molecule has 0 unspecified atom stereocenters. The summed E-state index contributed by atoms with van der Waals surface area (Å²) in [5, 5.41) is 0. The minimum atomic E-state index is 0.905. The van der Waals surface area contributed by atoms with Gasteiger partial charge in [0.1, 0.15) is 0 Å². The predicted molar refractivity (Wildman–Crippen MR) is 40.0 cm³/mol. The van der Waals surface area contributed by atoms with Gasteiger partial charge in [-0.25, -0.2) is 4.98 Å². The van der Waals surface area contributed by atoms with Gasteiger partial charge in [0.25, 0.3) is 0 Å². The number of aryl methyl sites for hydroxylation is 1. The molecule has 9 heavy (non-hydrogen) atoms. The van der Waals surface area contributed by atoms with E-state index in [-0.39, 0.29) is 0 Å². The largest absolute Gasteiger partial charge is 0.224 e. The summed E-state index contributed by atoms with van der Waals surface area (Å²) in [6.45, 7) is 2.07. The Morgan fingerprint density at radius 2 is 2.44 bits per heavy atom. The third-order valence-electron chi connectivity index (χ3n) is 1.14.